The van der Waals surface area contributed by atoms with Crippen molar-refractivity contribution >= 4 is 19.8 Å². The van der Waals surface area contributed by atoms with E-state index < -0.39 is 32.5 Å². The van der Waals surface area contributed by atoms with Gasteiger partial charge in [-0.15, -0.1) is 0 Å². The maximum atomic E-state index is 12.5. The maximum Gasteiger partial charge on any atom is 0.472 e. The molecule has 9 nitrogen and oxygen atoms in total. The Balaban J connectivity index is 4.24. The SMILES string of the molecule is CCCCCCC/C=C/CCCCCCCC(=O)OC[C@H](COP(=O)(O)OCCN)OC(=O)CC/C=C/CCCCCCCCCCCCC. The number of phosphoric ester groups is 1. The molecule has 0 aromatic rings. The van der Waals surface area contributed by atoms with Crippen LogP contribution in [-0.2, 0) is 32.7 Å². The molecule has 0 heterocycles. The van der Waals surface area contributed by atoms with Crippen LogP contribution < -0.4 is 5.73 Å². The van der Waals surface area contributed by atoms with Crippen molar-refractivity contribution in [2.75, 3.05) is 26.4 Å². The van der Waals surface area contributed by atoms with Gasteiger partial charge >= 0.3 is 19.8 Å². The number of hydrogen-bond acceptors (Lipinski definition) is 8. The number of phosphoric acid groups is 1. The third-order valence-corrected chi connectivity index (χ3v) is 9.56. The number of esters is 2. The number of carbonyl (C=O) groups is 2. The minimum Gasteiger partial charge on any atom is -0.462 e. The Kier molecular flexibility index (Phi) is 36.1. The van der Waals surface area contributed by atoms with Crippen molar-refractivity contribution in [1.29, 1.82) is 0 Å². The fourth-order valence-corrected chi connectivity index (χ4v) is 6.29. The molecule has 0 aliphatic carbocycles. The molecule has 0 spiro atoms. The van der Waals surface area contributed by atoms with Gasteiger partial charge in [0.15, 0.2) is 6.10 Å². The molecule has 0 amide bonds. The van der Waals surface area contributed by atoms with Gasteiger partial charge in [-0.3, -0.25) is 18.6 Å². The Morgan fingerprint density at radius 2 is 1.02 bits per heavy atom. The predicted octanol–water partition coefficient (Wildman–Crippen LogP) is 11.2. The van der Waals surface area contributed by atoms with E-state index in [-0.39, 0.29) is 32.6 Å². The first-order valence-corrected chi connectivity index (χ1v) is 21.8. The number of allylic oxidation sites excluding steroid dienone is 4. The first kappa shape index (κ1) is 48.5. The number of rotatable bonds is 38. The van der Waals surface area contributed by atoms with Gasteiger partial charge in [-0.05, 0) is 51.4 Å². The summed E-state index contributed by atoms with van der Waals surface area (Å²) in [7, 11) is -4.38. The molecule has 294 valence electrons. The predicted molar refractivity (Wildman–Crippen MR) is 206 cm³/mol. The number of unbranched alkanes of at least 4 members (excludes halogenated alkanes) is 21. The minimum absolute atomic E-state index is 0.0486. The normalized spacial score (nSPS) is 13.6. The average Bonchev–Trinajstić information content (AvgIpc) is 3.10. The molecule has 0 saturated carbocycles. The van der Waals surface area contributed by atoms with Crippen molar-refractivity contribution in [2.24, 2.45) is 5.73 Å². The van der Waals surface area contributed by atoms with E-state index in [1.807, 2.05) is 6.08 Å². The van der Waals surface area contributed by atoms with Crippen LogP contribution in [0.4, 0.5) is 0 Å². The van der Waals surface area contributed by atoms with Crippen molar-refractivity contribution in [1.82, 2.24) is 0 Å². The van der Waals surface area contributed by atoms with Crippen LogP contribution in [0.15, 0.2) is 24.3 Å². The molecule has 0 bridgehead atoms. The van der Waals surface area contributed by atoms with Crippen LogP contribution in [0.5, 0.6) is 0 Å². The molecule has 1 unspecified atom stereocenters. The third kappa shape index (κ3) is 36.3. The lowest BCUT2D eigenvalue weighted by Crippen LogP contribution is -2.29. The van der Waals surface area contributed by atoms with E-state index in [9.17, 15) is 19.0 Å². The summed E-state index contributed by atoms with van der Waals surface area (Å²) in [4.78, 5) is 34.7. The van der Waals surface area contributed by atoms with E-state index in [0.29, 0.717) is 6.42 Å². The Bertz CT molecular complexity index is 881. The summed E-state index contributed by atoms with van der Waals surface area (Å²) in [5, 5.41) is 0. The maximum absolute atomic E-state index is 12.5. The molecule has 0 fully saturated rings. The van der Waals surface area contributed by atoms with Gasteiger partial charge in [0.25, 0.3) is 0 Å². The summed E-state index contributed by atoms with van der Waals surface area (Å²) < 4.78 is 32.6. The molecule has 0 aliphatic heterocycles. The highest BCUT2D eigenvalue weighted by Crippen LogP contribution is 2.43. The van der Waals surface area contributed by atoms with Crippen molar-refractivity contribution in [3.05, 3.63) is 24.3 Å². The van der Waals surface area contributed by atoms with E-state index in [4.69, 9.17) is 24.3 Å². The Morgan fingerprint density at radius 3 is 1.50 bits per heavy atom. The highest BCUT2D eigenvalue weighted by atomic mass is 31.2. The zero-order chi connectivity index (χ0) is 36.8. The monoisotopic (exact) mass is 730 g/mol. The Labute approximate surface area is 306 Å². The molecular weight excluding hydrogens is 653 g/mol. The van der Waals surface area contributed by atoms with Crippen LogP contribution in [0.1, 0.15) is 187 Å². The van der Waals surface area contributed by atoms with Gasteiger partial charge in [0.05, 0.1) is 13.2 Å². The van der Waals surface area contributed by atoms with Crippen LogP contribution in [0.2, 0.25) is 0 Å². The zero-order valence-corrected chi connectivity index (χ0v) is 33.0. The average molecular weight is 730 g/mol. The Morgan fingerprint density at radius 1 is 0.580 bits per heavy atom. The van der Waals surface area contributed by atoms with Gasteiger partial charge in [0.1, 0.15) is 6.61 Å². The lowest BCUT2D eigenvalue weighted by atomic mass is 10.1. The Hall–Kier alpha value is -1.51. The van der Waals surface area contributed by atoms with Gasteiger partial charge in [-0.2, -0.15) is 0 Å². The summed E-state index contributed by atoms with van der Waals surface area (Å²) >= 11 is 0. The van der Waals surface area contributed by atoms with E-state index >= 15 is 0 Å². The molecule has 0 aromatic carbocycles. The number of ether oxygens (including phenoxy) is 2. The quantitative estimate of drug-likeness (QED) is 0.0275. The molecule has 2 atom stereocenters. The van der Waals surface area contributed by atoms with Crippen LogP contribution in [0.25, 0.3) is 0 Å². The van der Waals surface area contributed by atoms with Crippen molar-refractivity contribution in [3.8, 4) is 0 Å². The van der Waals surface area contributed by atoms with Gasteiger partial charge < -0.3 is 20.1 Å². The molecular formula is C40H76NO8P. The zero-order valence-electron chi connectivity index (χ0n) is 32.1. The minimum atomic E-state index is -4.38. The van der Waals surface area contributed by atoms with Gasteiger partial charge in [0, 0.05) is 19.4 Å². The fourth-order valence-electron chi connectivity index (χ4n) is 5.53. The fraction of sp³-hybridized carbons (Fsp3) is 0.850. The summed E-state index contributed by atoms with van der Waals surface area (Å²) in [6.45, 7) is 3.67. The molecule has 3 N–H and O–H groups in total. The van der Waals surface area contributed by atoms with Crippen LogP contribution in [-0.4, -0.2) is 49.3 Å². The second kappa shape index (κ2) is 37.3. The highest BCUT2D eigenvalue weighted by molar-refractivity contribution is 7.47. The third-order valence-electron chi connectivity index (χ3n) is 8.57. The second-order valence-corrected chi connectivity index (χ2v) is 14.9. The molecule has 0 aliphatic rings. The van der Waals surface area contributed by atoms with Crippen molar-refractivity contribution < 1.29 is 37.6 Å². The summed E-state index contributed by atoms with van der Waals surface area (Å²) in [5.41, 5.74) is 5.33. The number of nitrogens with two attached hydrogens (primary N) is 1. The van der Waals surface area contributed by atoms with Crippen LogP contribution in [0.3, 0.4) is 0 Å². The first-order chi connectivity index (χ1) is 24.3. The summed E-state index contributed by atoms with van der Waals surface area (Å²) in [5.74, 6) is -0.892. The van der Waals surface area contributed by atoms with E-state index in [2.05, 4.69) is 32.1 Å². The largest absolute Gasteiger partial charge is 0.472 e. The van der Waals surface area contributed by atoms with Crippen molar-refractivity contribution in [2.45, 2.75) is 193 Å². The topological polar surface area (TPSA) is 134 Å². The summed E-state index contributed by atoms with van der Waals surface area (Å²) in [6, 6.07) is 0. The number of hydrogen-bond donors (Lipinski definition) is 2. The molecule has 10 heteroatoms. The van der Waals surface area contributed by atoms with Gasteiger partial charge in [-0.1, -0.05) is 147 Å². The van der Waals surface area contributed by atoms with E-state index in [1.54, 1.807) is 0 Å². The summed E-state index contributed by atoms with van der Waals surface area (Å²) in [6.07, 6.45) is 37.9. The first-order valence-electron chi connectivity index (χ1n) is 20.3. The van der Waals surface area contributed by atoms with E-state index in [1.165, 1.54) is 103 Å². The standard InChI is InChI=1S/C40H76NO8P/c1-3-5-7-9-11-13-15-17-19-21-23-25-27-29-31-33-40(43)49-38(37-48-50(44,45)47-35-34-41)36-46-39(42)32-30-28-26-24-22-20-18-16-14-12-10-8-6-4-2/h16,18,27,29,38H,3-15,17,19-26,28,30-37,41H2,1-2H3,(H,44,45)/b18-16+,29-27+/t38-/m1/s1. The molecule has 0 radical (unpaired) electrons. The number of carbonyl (C=O) groups excluding carboxylic acids is 2. The second-order valence-electron chi connectivity index (χ2n) is 13.5. The van der Waals surface area contributed by atoms with E-state index in [0.717, 1.165) is 51.4 Å². The lowest BCUT2D eigenvalue weighted by Gasteiger charge is -2.19. The van der Waals surface area contributed by atoms with Gasteiger partial charge in [0.2, 0.25) is 0 Å². The smallest absolute Gasteiger partial charge is 0.462 e. The van der Waals surface area contributed by atoms with Crippen molar-refractivity contribution in [3.63, 3.8) is 0 Å². The van der Waals surface area contributed by atoms with Crippen LogP contribution in [0, 0.1) is 0 Å². The highest BCUT2D eigenvalue weighted by Gasteiger charge is 2.25. The molecule has 0 rings (SSSR count). The molecule has 0 aromatic heterocycles. The lowest BCUT2D eigenvalue weighted by molar-refractivity contribution is -0.161. The van der Waals surface area contributed by atoms with Crippen LogP contribution >= 0.6 is 7.82 Å². The van der Waals surface area contributed by atoms with Gasteiger partial charge in [-0.25, -0.2) is 4.57 Å². The molecule has 0 saturated heterocycles. The molecule has 50 heavy (non-hydrogen) atoms.